The third-order valence-electron chi connectivity index (χ3n) is 4.16. The van der Waals surface area contributed by atoms with Crippen LogP contribution in [0.1, 0.15) is 25.8 Å². The number of benzene rings is 2. The summed E-state index contributed by atoms with van der Waals surface area (Å²) in [5.41, 5.74) is 0.722. The molecule has 28 heavy (non-hydrogen) atoms. The Labute approximate surface area is 169 Å². The summed E-state index contributed by atoms with van der Waals surface area (Å²) in [5.74, 6) is -0.471. The summed E-state index contributed by atoms with van der Waals surface area (Å²) in [4.78, 5) is 26.8. The number of carbonyl (C=O) groups is 2. The molecule has 7 heteroatoms. The van der Waals surface area contributed by atoms with Gasteiger partial charge in [0.05, 0.1) is 0 Å². The Balaban J connectivity index is 2.18. The van der Waals surface area contributed by atoms with Gasteiger partial charge in [-0.3, -0.25) is 9.59 Å². The fourth-order valence-corrected chi connectivity index (χ4v) is 2.96. The van der Waals surface area contributed by atoms with E-state index < -0.39 is 6.04 Å². The van der Waals surface area contributed by atoms with Crippen molar-refractivity contribution in [3.05, 3.63) is 64.9 Å². The summed E-state index contributed by atoms with van der Waals surface area (Å²) < 4.78 is 18.8. The van der Waals surface area contributed by atoms with Gasteiger partial charge >= 0.3 is 0 Å². The van der Waals surface area contributed by atoms with Crippen molar-refractivity contribution in [2.24, 2.45) is 0 Å². The molecule has 150 valence electrons. The zero-order valence-electron chi connectivity index (χ0n) is 16.0. The number of hydrogen-bond donors (Lipinski definition) is 1. The van der Waals surface area contributed by atoms with E-state index in [1.165, 1.54) is 17.0 Å². The van der Waals surface area contributed by atoms with Crippen molar-refractivity contribution in [3.8, 4) is 5.75 Å². The van der Waals surface area contributed by atoms with Gasteiger partial charge in [0.15, 0.2) is 6.61 Å². The summed E-state index contributed by atoms with van der Waals surface area (Å²) >= 11 is 5.93. The molecule has 0 aliphatic heterocycles. The van der Waals surface area contributed by atoms with E-state index in [1.807, 2.05) is 13.8 Å². The molecule has 0 fully saturated rings. The first kappa shape index (κ1) is 21.7. The van der Waals surface area contributed by atoms with E-state index in [4.69, 9.17) is 16.3 Å². The average molecular weight is 407 g/mol. The molecule has 0 spiro atoms. The molecule has 2 aromatic rings. The van der Waals surface area contributed by atoms with E-state index >= 15 is 0 Å². The Morgan fingerprint density at radius 3 is 2.50 bits per heavy atom. The standard InChI is InChI=1S/C21H24ClFN2O3/c1-3-19(21(27)24-4-2)25(13-15-8-10-17(23)11-9-15)20(26)14-28-18-7-5-6-16(22)12-18/h5-12,19H,3-4,13-14H2,1-2H3,(H,24,27)/t19-/m0/s1. The number of hydrogen-bond acceptors (Lipinski definition) is 3. The van der Waals surface area contributed by atoms with Gasteiger partial charge in [0.2, 0.25) is 5.91 Å². The summed E-state index contributed by atoms with van der Waals surface area (Å²) in [7, 11) is 0. The normalized spacial score (nSPS) is 11.6. The van der Waals surface area contributed by atoms with Crippen LogP contribution in [-0.2, 0) is 16.1 Å². The van der Waals surface area contributed by atoms with Crippen molar-refractivity contribution >= 4 is 23.4 Å². The summed E-state index contributed by atoms with van der Waals surface area (Å²) in [6, 6.07) is 11.9. The molecule has 5 nitrogen and oxygen atoms in total. The van der Waals surface area contributed by atoms with E-state index in [9.17, 15) is 14.0 Å². The predicted octanol–water partition coefficient (Wildman–Crippen LogP) is 3.80. The molecule has 0 aromatic heterocycles. The number of rotatable bonds is 9. The molecule has 2 aromatic carbocycles. The summed E-state index contributed by atoms with van der Waals surface area (Å²) in [6.45, 7) is 4.06. The second-order valence-corrected chi connectivity index (χ2v) is 6.65. The Hall–Kier alpha value is -2.60. The molecule has 0 bridgehead atoms. The van der Waals surface area contributed by atoms with E-state index in [0.29, 0.717) is 23.7 Å². The van der Waals surface area contributed by atoms with Crippen LogP contribution in [0.25, 0.3) is 0 Å². The van der Waals surface area contributed by atoms with Crippen LogP contribution in [0.3, 0.4) is 0 Å². The number of nitrogens with zero attached hydrogens (tertiary/aromatic N) is 1. The van der Waals surface area contributed by atoms with Crippen molar-refractivity contribution in [3.63, 3.8) is 0 Å². The third-order valence-corrected chi connectivity index (χ3v) is 4.40. The smallest absolute Gasteiger partial charge is 0.261 e. The van der Waals surface area contributed by atoms with Crippen LogP contribution < -0.4 is 10.1 Å². The number of nitrogens with one attached hydrogen (secondary N) is 1. The highest BCUT2D eigenvalue weighted by Crippen LogP contribution is 2.18. The van der Waals surface area contributed by atoms with Gasteiger partial charge in [0, 0.05) is 18.1 Å². The largest absolute Gasteiger partial charge is 0.484 e. The molecule has 2 rings (SSSR count). The minimum Gasteiger partial charge on any atom is -0.484 e. The maximum Gasteiger partial charge on any atom is 0.261 e. The van der Waals surface area contributed by atoms with Crippen molar-refractivity contribution in [2.45, 2.75) is 32.9 Å². The van der Waals surface area contributed by atoms with Crippen molar-refractivity contribution in [2.75, 3.05) is 13.2 Å². The highest BCUT2D eigenvalue weighted by molar-refractivity contribution is 6.30. The first-order valence-electron chi connectivity index (χ1n) is 9.14. The highest BCUT2D eigenvalue weighted by atomic mass is 35.5. The minimum absolute atomic E-state index is 0.174. The molecule has 0 aliphatic carbocycles. The number of likely N-dealkylation sites (N-methyl/N-ethyl adjacent to an activating group) is 1. The molecule has 0 unspecified atom stereocenters. The zero-order chi connectivity index (χ0) is 20.5. The van der Waals surface area contributed by atoms with Crippen molar-refractivity contribution in [1.29, 1.82) is 0 Å². The monoisotopic (exact) mass is 406 g/mol. The maximum absolute atomic E-state index is 13.2. The topological polar surface area (TPSA) is 58.6 Å². The van der Waals surface area contributed by atoms with Gasteiger partial charge < -0.3 is 15.0 Å². The molecular weight excluding hydrogens is 383 g/mol. The van der Waals surface area contributed by atoms with Gasteiger partial charge in [-0.15, -0.1) is 0 Å². The number of halogens is 2. The molecule has 0 radical (unpaired) electrons. The maximum atomic E-state index is 13.2. The summed E-state index contributed by atoms with van der Waals surface area (Å²) in [5, 5.41) is 3.26. The lowest BCUT2D eigenvalue weighted by Crippen LogP contribution is -2.50. The molecular formula is C21H24ClFN2O3. The molecule has 0 aliphatic rings. The van der Waals surface area contributed by atoms with Gasteiger partial charge in [-0.25, -0.2) is 4.39 Å². The Bertz CT molecular complexity index is 798. The third kappa shape index (κ3) is 6.23. The average Bonchev–Trinajstić information content (AvgIpc) is 2.68. The van der Waals surface area contributed by atoms with Gasteiger partial charge in [-0.05, 0) is 49.2 Å². The van der Waals surface area contributed by atoms with Crippen LogP contribution >= 0.6 is 11.6 Å². The van der Waals surface area contributed by atoms with Crippen LogP contribution in [0, 0.1) is 5.82 Å². The predicted molar refractivity (Wildman–Crippen MR) is 107 cm³/mol. The van der Waals surface area contributed by atoms with E-state index in [1.54, 1.807) is 36.4 Å². The van der Waals surface area contributed by atoms with Gasteiger partial charge in [-0.2, -0.15) is 0 Å². The van der Waals surface area contributed by atoms with Gasteiger partial charge in [0.1, 0.15) is 17.6 Å². The fourth-order valence-electron chi connectivity index (χ4n) is 2.78. The number of carbonyl (C=O) groups excluding carboxylic acids is 2. The lowest BCUT2D eigenvalue weighted by atomic mass is 10.1. The second-order valence-electron chi connectivity index (χ2n) is 6.21. The van der Waals surface area contributed by atoms with Gasteiger partial charge in [-0.1, -0.05) is 36.7 Å². The van der Waals surface area contributed by atoms with E-state index in [2.05, 4.69) is 5.32 Å². The lowest BCUT2D eigenvalue weighted by molar-refractivity contribution is -0.142. The second kappa shape index (κ2) is 10.7. The number of amides is 2. The van der Waals surface area contributed by atoms with Crippen molar-refractivity contribution < 1.29 is 18.7 Å². The molecule has 0 heterocycles. The number of ether oxygens (including phenoxy) is 1. The minimum atomic E-state index is -0.652. The quantitative estimate of drug-likeness (QED) is 0.689. The Morgan fingerprint density at radius 2 is 1.89 bits per heavy atom. The molecule has 0 saturated carbocycles. The van der Waals surface area contributed by atoms with E-state index in [0.717, 1.165) is 5.56 Å². The highest BCUT2D eigenvalue weighted by Gasteiger charge is 2.28. The first-order valence-corrected chi connectivity index (χ1v) is 9.52. The molecule has 0 saturated heterocycles. The first-order chi connectivity index (χ1) is 13.4. The molecule has 1 atom stereocenters. The Morgan fingerprint density at radius 1 is 1.18 bits per heavy atom. The molecule has 2 amide bonds. The van der Waals surface area contributed by atoms with Gasteiger partial charge in [0.25, 0.3) is 5.91 Å². The molecule has 1 N–H and O–H groups in total. The van der Waals surface area contributed by atoms with Crippen molar-refractivity contribution in [1.82, 2.24) is 10.2 Å². The van der Waals surface area contributed by atoms with Crippen LogP contribution in [0.15, 0.2) is 48.5 Å². The van der Waals surface area contributed by atoms with Crippen LogP contribution in [0.4, 0.5) is 4.39 Å². The van der Waals surface area contributed by atoms with Crippen LogP contribution in [0.2, 0.25) is 5.02 Å². The zero-order valence-corrected chi connectivity index (χ0v) is 16.7. The summed E-state index contributed by atoms with van der Waals surface area (Å²) in [6.07, 6.45) is 0.440. The SMILES string of the molecule is CCNC(=O)[C@H](CC)N(Cc1ccc(F)cc1)C(=O)COc1cccc(Cl)c1. The van der Waals surface area contributed by atoms with Crippen LogP contribution in [-0.4, -0.2) is 35.9 Å². The fraction of sp³-hybridized carbons (Fsp3) is 0.333. The Kier molecular flexibility index (Phi) is 8.26. The van der Waals surface area contributed by atoms with E-state index in [-0.39, 0.29) is 30.8 Å². The van der Waals surface area contributed by atoms with Crippen LogP contribution in [0.5, 0.6) is 5.75 Å². The lowest BCUT2D eigenvalue weighted by Gasteiger charge is -2.30.